The molecule has 1 atom stereocenters. The summed E-state index contributed by atoms with van der Waals surface area (Å²) in [4.78, 5) is 4.44. The highest BCUT2D eigenvalue weighted by molar-refractivity contribution is 5.84. The number of rotatable bonds is 1. The van der Waals surface area contributed by atoms with Crippen molar-refractivity contribution in [2.45, 2.75) is 26.2 Å². The maximum Gasteiger partial charge on any atom is 0.0338 e. The lowest BCUT2D eigenvalue weighted by Crippen LogP contribution is -2.07. The zero-order chi connectivity index (χ0) is 9.97. The summed E-state index contributed by atoms with van der Waals surface area (Å²) in [6.45, 7) is 4.17. The minimum absolute atomic E-state index is 0.522. The summed E-state index contributed by atoms with van der Waals surface area (Å²) in [7, 11) is 0. The van der Waals surface area contributed by atoms with E-state index in [0.717, 1.165) is 12.1 Å². The Bertz CT molecular complexity index is 373. The molecule has 2 rings (SSSR count). The van der Waals surface area contributed by atoms with Crippen LogP contribution in [0.5, 0.6) is 0 Å². The quantitative estimate of drug-likeness (QED) is 0.634. The Morgan fingerprint density at radius 2 is 1.86 bits per heavy atom. The summed E-state index contributed by atoms with van der Waals surface area (Å²) in [5, 5.41) is 0. The third-order valence-corrected chi connectivity index (χ3v) is 2.55. The number of benzene rings is 1. The second-order valence-electron chi connectivity index (χ2n) is 3.88. The molecule has 1 nitrogen and oxygen atoms in total. The first kappa shape index (κ1) is 9.20. The van der Waals surface area contributed by atoms with Gasteiger partial charge in [0, 0.05) is 17.3 Å². The van der Waals surface area contributed by atoms with Gasteiger partial charge in [0.1, 0.15) is 0 Å². The molecule has 0 spiro atoms. The Morgan fingerprint density at radius 3 is 2.50 bits per heavy atom. The number of allylic oxidation sites excluding steroid dienone is 2. The molecule has 1 aromatic rings. The molecule has 1 aliphatic heterocycles. The summed E-state index contributed by atoms with van der Waals surface area (Å²) in [6.07, 6.45) is 3.31. The highest BCUT2D eigenvalue weighted by Crippen LogP contribution is 2.26. The lowest BCUT2D eigenvalue weighted by atomic mass is 9.91. The topological polar surface area (TPSA) is 12.4 Å². The largest absolute Gasteiger partial charge is 0.263 e. The second kappa shape index (κ2) is 3.79. The molecule has 0 saturated heterocycles. The van der Waals surface area contributed by atoms with Gasteiger partial charge in [-0.1, -0.05) is 36.4 Å². The molecular weight excluding hydrogens is 170 g/mol. The van der Waals surface area contributed by atoms with Crippen LogP contribution < -0.4 is 0 Å². The third kappa shape index (κ3) is 1.92. The summed E-state index contributed by atoms with van der Waals surface area (Å²) < 4.78 is 0. The molecule has 0 fully saturated rings. The first-order chi connectivity index (χ1) is 6.75. The standard InChI is InChI=1S/C13H15N/c1-10-8-13(9-11(2)14-10)12-6-4-3-5-7-12/h3-8,13H,9H2,1-2H3. The average molecular weight is 185 g/mol. The fraction of sp³-hybridized carbons (Fsp3) is 0.308. The summed E-state index contributed by atoms with van der Waals surface area (Å²) >= 11 is 0. The van der Waals surface area contributed by atoms with Gasteiger partial charge in [-0.05, 0) is 25.8 Å². The predicted molar refractivity (Wildman–Crippen MR) is 60.7 cm³/mol. The highest BCUT2D eigenvalue weighted by atomic mass is 14.8. The van der Waals surface area contributed by atoms with Crippen LogP contribution in [-0.2, 0) is 0 Å². The van der Waals surface area contributed by atoms with Gasteiger partial charge in [0.05, 0.1) is 0 Å². The highest BCUT2D eigenvalue weighted by Gasteiger charge is 2.13. The van der Waals surface area contributed by atoms with Gasteiger partial charge in [-0.3, -0.25) is 4.99 Å². The number of hydrogen-bond acceptors (Lipinski definition) is 1. The zero-order valence-corrected chi connectivity index (χ0v) is 8.70. The first-order valence-electron chi connectivity index (χ1n) is 5.03. The number of hydrogen-bond donors (Lipinski definition) is 0. The Morgan fingerprint density at radius 1 is 1.14 bits per heavy atom. The van der Waals surface area contributed by atoms with Gasteiger partial charge in [-0.2, -0.15) is 0 Å². The van der Waals surface area contributed by atoms with Crippen molar-refractivity contribution in [3.05, 3.63) is 47.7 Å². The van der Waals surface area contributed by atoms with E-state index < -0.39 is 0 Å². The Hall–Kier alpha value is -1.37. The van der Waals surface area contributed by atoms with Gasteiger partial charge >= 0.3 is 0 Å². The van der Waals surface area contributed by atoms with Crippen molar-refractivity contribution in [3.63, 3.8) is 0 Å². The van der Waals surface area contributed by atoms with Crippen molar-refractivity contribution in [1.29, 1.82) is 0 Å². The zero-order valence-electron chi connectivity index (χ0n) is 8.70. The molecule has 0 aliphatic carbocycles. The molecule has 0 bridgehead atoms. The van der Waals surface area contributed by atoms with Crippen LogP contribution in [0.2, 0.25) is 0 Å². The van der Waals surface area contributed by atoms with Gasteiger partial charge in [0.25, 0.3) is 0 Å². The van der Waals surface area contributed by atoms with E-state index in [1.807, 2.05) is 0 Å². The predicted octanol–water partition coefficient (Wildman–Crippen LogP) is 3.54. The Balaban J connectivity index is 2.27. The van der Waals surface area contributed by atoms with E-state index in [4.69, 9.17) is 0 Å². The Kier molecular flexibility index (Phi) is 2.49. The van der Waals surface area contributed by atoms with Crippen LogP contribution in [0.15, 0.2) is 47.1 Å². The molecule has 0 amide bonds. The molecule has 1 heteroatoms. The smallest absolute Gasteiger partial charge is 0.0338 e. The van der Waals surface area contributed by atoms with E-state index >= 15 is 0 Å². The molecule has 0 aromatic heterocycles. The minimum Gasteiger partial charge on any atom is -0.263 e. The van der Waals surface area contributed by atoms with Crippen molar-refractivity contribution in [1.82, 2.24) is 0 Å². The van der Waals surface area contributed by atoms with Gasteiger partial charge in [0.15, 0.2) is 0 Å². The minimum atomic E-state index is 0.522. The van der Waals surface area contributed by atoms with E-state index in [9.17, 15) is 0 Å². The fourth-order valence-corrected chi connectivity index (χ4v) is 1.97. The normalized spacial score (nSPS) is 21.4. The van der Waals surface area contributed by atoms with Crippen molar-refractivity contribution >= 4 is 5.71 Å². The Labute approximate surface area is 85.2 Å². The molecule has 0 radical (unpaired) electrons. The van der Waals surface area contributed by atoms with E-state index in [-0.39, 0.29) is 0 Å². The molecule has 1 heterocycles. The van der Waals surface area contributed by atoms with Gasteiger partial charge in [-0.15, -0.1) is 0 Å². The molecular formula is C13H15N. The van der Waals surface area contributed by atoms with E-state index in [1.165, 1.54) is 11.3 Å². The van der Waals surface area contributed by atoms with Gasteiger partial charge < -0.3 is 0 Å². The lowest BCUT2D eigenvalue weighted by Gasteiger charge is -2.18. The van der Waals surface area contributed by atoms with Crippen molar-refractivity contribution in [3.8, 4) is 0 Å². The fourth-order valence-electron chi connectivity index (χ4n) is 1.97. The van der Waals surface area contributed by atoms with Crippen LogP contribution in [0, 0.1) is 0 Å². The van der Waals surface area contributed by atoms with Crippen LogP contribution in [0.25, 0.3) is 0 Å². The second-order valence-corrected chi connectivity index (χ2v) is 3.88. The monoisotopic (exact) mass is 185 g/mol. The molecule has 1 aromatic carbocycles. The van der Waals surface area contributed by atoms with Crippen molar-refractivity contribution in [2.24, 2.45) is 4.99 Å². The van der Waals surface area contributed by atoms with Gasteiger partial charge in [-0.25, -0.2) is 0 Å². The van der Waals surface area contributed by atoms with E-state index in [1.54, 1.807) is 0 Å². The third-order valence-electron chi connectivity index (χ3n) is 2.55. The van der Waals surface area contributed by atoms with Crippen LogP contribution in [0.1, 0.15) is 31.7 Å². The van der Waals surface area contributed by atoms with Crippen LogP contribution in [-0.4, -0.2) is 5.71 Å². The van der Waals surface area contributed by atoms with Crippen molar-refractivity contribution < 1.29 is 0 Å². The van der Waals surface area contributed by atoms with Crippen molar-refractivity contribution in [2.75, 3.05) is 0 Å². The molecule has 0 saturated carbocycles. The van der Waals surface area contributed by atoms with Crippen LogP contribution in [0.3, 0.4) is 0 Å². The SMILES string of the molecule is CC1=CC(c2ccccc2)CC(C)=N1. The number of nitrogens with zero attached hydrogens (tertiary/aromatic N) is 1. The van der Waals surface area contributed by atoms with E-state index in [2.05, 4.69) is 55.2 Å². The lowest BCUT2D eigenvalue weighted by molar-refractivity contribution is 0.853. The maximum absolute atomic E-state index is 4.44. The molecule has 14 heavy (non-hydrogen) atoms. The molecule has 1 aliphatic rings. The molecule has 1 unspecified atom stereocenters. The van der Waals surface area contributed by atoms with Gasteiger partial charge in [0.2, 0.25) is 0 Å². The van der Waals surface area contributed by atoms with E-state index in [0.29, 0.717) is 5.92 Å². The van der Waals surface area contributed by atoms with Crippen LogP contribution >= 0.6 is 0 Å². The summed E-state index contributed by atoms with van der Waals surface area (Å²) in [6, 6.07) is 10.6. The maximum atomic E-state index is 4.44. The average Bonchev–Trinajstić information content (AvgIpc) is 2.18. The van der Waals surface area contributed by atoms with Crippen LogP contribution in [0.4, 0.5) is 0 Å². The molecule has 72 valence electrons. The number of aliphatic imine (C=N–C) groups is 1. The first-order valence-corrected chi connectivity index (χ1v) is 5.03. The summed E-state index contributed by atoms with van der Waals surface area (Å²) in [5.41, 5.74) is 3.77. The molecule has 0 N–H and O–H groups in total. The summed E-state index contributed by atoms with van der Waals surface area (Å²) in [5.74, 6) is 0.522.